The zero-order valence-corrected chi connectivity index (χ0v) is 29.1. The van der Waals surface area contributed by atoms with Gasteiger partial charge in [-0.1, -0.05) is 59.6 Å². The van der Waals surface area contributed by atoms with E-state index in [-0.39, 0.29) is 33.8 Å². The molecule has 5 rings (SSSR count). The summed E-state index contributed by atoms with van der Waals surface area (Å²) in [5.41, 5.74) is 2.43. The number of likely N-dealkylation sites (tertiary alicyclic amines) is 1. The van der Waals surface area contributed by atoms with Gasteiger partial charge in [-0.15, -0.1) is 11.3 Å². The number of aromatic carboxylic acids is 1. The normalized spacial score (nSPS) is 16.0. The molecule has 0 spiro atoms. The van der Waals surface area contributed by atoms with Crippen LogP contribution >= 0.6 is 34.5 Å². The number of nitrogens with one attached hydrogen (secondary N) is 1. The zero-order valence-electron chi connectivity index (χ0n) is 26.8. The van der Waals surface area contributed by atoms with Gasteiger partial charge in [0.15, 0.2) is 11.5 Å². The fourth-order valence-corrected chi connectivity index (χ4v) is 7.62. The van der Waals surface area contributed by atoms with E-state index in [1.807, 2.05) is 36.4 Å². The highest BCUT2D eigenvalue weighted by molar-refractivity contribution is 7.14. The van der Waals surface area contributed by atoms with E-state index in [1.165, 1.54) is 26.6 Å². The monoisotopic (exact) mass is 713 g/mol. The van der Waals surface area contributed by atoms with E-state index in [2.05, 4.69) is 17.3 Å². The van der Waals surface area contributed by atoms with Crippen LogP contribution in [0.2, 0.25) is 10.0 Å². The van der Waals surface area contributed by atoms with E-state index >= 15 is 0 Å². The summed E-state index contributed by atoms with van der Waals surface area (Å²) in [6.07, 6.45) is 3.78. The maximum Gasteiger partial charge on any atom is 0.327 e. The molecule has 1 unspecified atom stereocenters. The predicted octanol–water partition coefficient (Wildman–Crippen LogP) is 4.66. The van der Waals surface area contributed by atoms with Gasteiger partial charge < -0.3 is 29.0 Å². The van der Waals surface area contributed by atoms with Gasteiger partial charge in [-0.05, 0) is 61.3 Å². The molecule has 48 heavy (non-hydrogen) atoms. The molecular formula is C35H37Cl2N3O7S. The van der Waals surface area contributed by atoms with Crippen molar-refractivity contribution in [3.05, 3.63) is 109 Å². The zero-order chi connectivity index (χ0) is 34.4. The molecule has 0 aliphatic carbocycles. The van der Waals surface area contributed by atoms with Crippen LogP contribution in [0.25, 0.3) is 0 Å². The van der Waals surface area contributed by atoms with E-state index < -0.39 is 23.9 Å². The maximum atomic E-state index is 13.4. The molecule has 1 aliphatic heterocycles. The van der Waals surface area contributed by atoms with Crippen molar-refractivity contribution < 1.29 is 38.8 Å². The second-order valence-electron chi connectivity index (χ2n) is 11.7. The average molecular weight is 715 g/mol. The van der Waals surface area contributed by atoms with Crippen LogP contribution in [0.5, 0.6) is 11.5 Å². The van der Waals surface area contributed by atoms with Crippen molar-refractivity contribution in [1.29, 1.82) is 0 Å². The Bertz CT molecular complexity index is 1730. The first-order valence-corrected chi connectivity index (χ1v) is 16.9. The van der Waals surface area contributed by atoms with Crippen molar-refractivity contribution in [2.75, 3.05) is 41.0 Å². The average Bonchev–Trinajstić information content (AvgIpc) is 3.69. The number of aromatic nitrogens is 1. The molecule has 0 bridgehead atoms. The van der Waals surface area contributed by atoms with Gasteiger partial charge in [0.05, 0.1) is 31.7 Å². The van der Waals surface area contributed by atoms with Gasteiger partial charge in [-0.25, -0.2) is 4.79 Å². The molecule has 3 atom stereocenters. The number of esters is 1. The molecule has 13 heteroatoms. The number of thiophene rings is 1. The molecule has 0 saturated carbocycles. The van der Waals surface area contributed by atoms with Gasteiger partial charge in [-0.3, -0.25) is 10.5 Å². The number of hydrogen-bond donors (Lipinski definition) is 2. The number of nitrogens with zero attached hydrogens (tertiary/aromatic N) is 2. The first-order chi connectivity index (χ1) is 23.1. The largest absolute Gasteiger partial charge is 0.544 e. The molecule has 254 valence electrons. The number of methoxy groups -OCH3 is 2. The molecule has 10 nitrogen and oxygen atoms in total. The Labute approximate surface area is 293 Å². The standard InChI is InChI=1S/C35H37Cl2N3O7S/c1-39-12-11-21(17-39)20-47-35(43)32(22-7-5-4-6-8-22)38-16-24-14-26(33(48-24)34(41)42)25(15-27-28(36)18-40(44)19-29(27)37)23-9-10-30(45-2)31(13-23)46-3/h4-10,13-14,18-19,21,25,32,38H,11-12,15-17,20H2,1-3H3,(H-,41,42,44)/t21-,25+,32?/m1/s1. The lowest BCUT2D eigenvalue weighted by Crippen LogP contribution is -2.31. The lowest BCUT2D eigenvalue weighted by molar-refractivity contribution is -0.904. The van der Waals surface area contributed by atoms with E-state index in [9.17, 15) is 19.9 Å². The molecule has 1 aliphatic rings. The Morgan fingerprint density at radius 1 is 1.06 bits per heavy atom. The van der Waals surface area contributed by atoms with Gasteiger partial charge in [0, 0.05) is 40.1 Å². The van der Waals surface area contributed by atoms with Crippen LogP contribution in [0.1, 0.15) is 55.2 Å². The number of hydrogen-bond acceptors (Lipinski definition) is 10. The van der Waals surface area contributed by atoms with Crippen LogP contribution in [0.4, 0.5) is 0 Å². The minimum atomic E-state index is -1.34. The third-order valence-electron chi connectivity index (χ3n) is 8.46. The lowest BCUT2D eigenvalue weighted by atomic mass is 9.85. The summed E-state index contributed by atoms with van der Waals surface area (Å²) < 4.78 is 17.5. The summed E-state index contributed by atoms with van der Waals surface area (Å²) in [5.74, 6) is -1.07. The number of pyridine rings is 1. The molecule has 2 N–H and O–H groups in total. The first kappa shape index (κ1) is 35.4. The first-order valence-electron chi connectivity index (χ1n) is 15.4. The van der Waals surface area contributed by atoms with Crippen LogP contribution < -0.4 is 24.6 Å². The number of ether oxygens (including phenoxy) is 3. The second-order valence-corrected chi connectivity index (χ2v) is 13.7. The summed E-state index contributed by atoms with van der Waals surface area (Å²) in [4.78, 5) is 28.9. The summed E-state index contributed by atoms with van der Waals surface area (Å²) >= 11 is 14.1. The van der Waals surface area contributed by atoms with Crippen molar-refractivity contribution >= 4 is 46.5 Å². The van der Waals surface area contributed by atoms with Gasteiger partial charge in [0.1, 0.15) is 16.1 Å². The van der Waals surface area contributed by atoms with Gasteiger partial charge in [-0.2, -0.15) is 0 Å². The molecule has 1 fully saturated rings. The molecule has 0 amide bonds. The van der Waals surface area contributed by atoms with E-state index in [0.717, 1.165) is 41.1 Å². The Morgan fingerprint density at radius 3 is 2.40 bits per heavy atom. The lowest BCUT2D eigenvalue weighted by Gasteiger charge is -2.21. The molecule has 3 heterocycles. The summed E-state index contributed by atoms with van der Waals surface area (Å²) in [6.45, 7) is 2.36. The fourth-order valence-electron chi connectivity index (χ4n) is 6.01. The number of carbonyl (C=O) groups excluding carboxylic acids is 2. The van der Waals surface area contributed by atoms with Crippen LogP contribution in [0, 0.1) is 5.92 Å². The Morgan fingerprint density at radius 2 is 1.77 bits per heavy atom. The van der Waals surface area contributed by atoms with Gasteiger partial charge in [0.2, 0.25) is 12.4 Å². The summed E-state index contributed by atoms with van der Waals surface area (Å²) in [5, 5.41) is 26.3. The molecule has 2 aromatic carbocycles. The van der Waals surface area contributed by atoms with Crippen molar-refractivity contribution in [2.45, 2.75) is 31.3 Å². The van der Waals surface area contributed by atoms with Crippen LogP contribution in [0.15, 0.2) is 67.0 Å². The van der Waals surface area contributed by atoms with Crippen molar-refractivity contribution in [2.24, 2.45) is 5.92 Å². The summed E-state index contributed by atoms with van der Waals surface area (Å²) in [7, 11) is 5.10. The number of carboxylic acids is 1. The van der Waals surface area contributed by atoms with Crippen molar-refractivity contribution in [3.63, 3.8) is 0 Å². The number of carbonyl (C=O) groups is 2. The van der Waals surface area contributed by atoms with Crippen molar-refractivity contribution in [1.82, 2.24) is 10.2 Å². The van der Waals surface area contributed by atoms with E-state index in [0.29, 0.717) is 39.7 Å². The smallest absolute Gasteiger partial charge is 0.327 e. The minimum absolute atomic E-state index is 0.0242. The second kappa shape index (κ2) is 16.0. The highest BCUT2D eigenvalue weighted by Crippen LogP contribution is 2.41. The van der Waals surface area contributed by atoms with Crippen LogP contribution in [-0.4, -0.2) is 63.0 Å². The third-order valence-corrected chi connectivity index (χ3v) is 10.2. The fraction of sp³-hybridized carbons (Fsp3) is 0.343. The highest BCUT2D eigenvalue weighted by Gasteiger charge is 2.29. The summed E-state index contributed by atoms with van der Waals surface area (Å²) in [6, 6.07) is 15.6. The number of halogens is 2. The van der Waals surface area contributed by atoms with E-state index in [1.54, 1.807) is 18.2 Å². The SMILES string of the molecule is COc1ccc([C@H](Cc2c(Cl)c[n+](O)cc2Cl)c2cc(CNC(C(=O)OC[C@@H]3CCN(C)C3)c3ccccc3)sc2C(=O)[O-])cc1OC. The number of rotatable bonds is 14. The molecule has 1 saturated heterocycles. The third kappa shape index (κ3) is 8.40. The van der Waals surface area contributed by atoms with Crippen molar-refractivity contribution in [3.8, 4) is 11.5 Å². The molecule has 2 aromatic heterocycles. The Balaban J connectivity index is 1.47. The van der Waals surface area contributed by atoms with Gasteiger partial charge >= 0.3 is 5.97 Å². The Kier molecular flexibility index (Phi) is 11.8. The number of carboxylic acid groups (broad SMARTS) is 1. The topological polar surface area (TPSA) is 124 Å². The van der Waals surface area contributed by atoms with E-state index in [4.69, 9.17) is 37.4 Å². The van der Waals surface area contributed by atoms with Crippen LogP contribution in [0.3, 0.4) is 0 Å². The molecule has 0 radical (unpaired) electrons. The number of benzene rings is 2. The Hall–Kier alpha value is -3.87. The molecular weight excluding hydrogens is 677 g/mol. The molecule has 4 aromatic rings. The predicted molar refractivity (Wildman–Crippen MR) is 180 cm³/mol. The quantitative estimate of drug-likeness (QED) is 0.109. The minimum Gasteiger partial charge on any atom is -0.544 e. The van der Waals surface area contributed by atoms with Gasteiger partial charge in [0.25, 0.3) is 0 Å². The maximum absolute atomic E-state index is 13.4. The highest BCUT2D eigenvalue weighted by atomic mass is 35.5. The van der Waals surface area contributed by atoms with Crippen LogP contribution in [-0.2, 0) is 22.5 Å².